The second kappa shape index (κ2) is 11.7. The predicted molar refractivity (Wildman–Crippen MR) is 116 cm³/mol. The van der Waals surface area contributed by atoms with Gasteiger partial charge in [0, 0.05) is 25.2 Å². The maximum atomic E-state index is 12.0. The molecule has 0 bridgehead atoms. The highest BCUT2D eigenvalue weighted by Crippen LogP contribution is 2.25. The van der Waals surface area contributed by atoms with E-state index >= 15 is 0 Å². The third-order valence-electron chi connectivity index (χ3n) is 4.49. The van der Waals surface area contributed by atoms with E-state index in [-0.39, 0.29) is 17.9 Å². The Morgan fingerprint density at radius 3 is 2.25 bits per heavy atom. The molecule has 0 radical (unpaired) electrons. The number of aryl methyl sites for hydroxylation is 1. The molecule has 1 N–H and O–H groups in total. The lowest BCUT2D eigenvalue weighted by molar-refractivity contribution is -0.155. The summed E-state index contributed by atoms with van der Waals surface area (Å²) in [6.07, 6.45) is 2.13. The molecule has 0 aliphatic carbocycles. The van der Waals surface area contributed by atoms with Gasteiger partial charge in [-0.2, -0.15) is 0 Å². The van der Waals surface area contributed by atoms with E-state index in [1.54, 1.807) is 13.0 Å². The van der Waals surface area contributed by atoms with Crippen LogP contribution >= 0.6 is 0 Å². The SMILES string of the molecule is CC.CCC(CC(C)CC(=O)OC(C)(C)C)N(C)c1ccc(C)c(C(=O)O)c1. The minimum Gasteiger partial charge on any atom is -0.478 e. The molecule has 0 amide bonds. The molecule has 2 atom stereocenters. The molecule has 0 saturated carbocycles. The van der Waals surface area contributed by atoms with Gasteiger partial charge >= 0.3 is 11.9 Å². The first-order valence-electron chi connectivity index (χ1n) is 10.2. The summed E-state index contributed by atoms with van der Waals surface area (Å²) in [7, 11) is 1.98. The van der Waals surface area contributed by atoms with Gasteiger partial charge < -0.3 is 14.7 Å². The van der Waals surface area contributed by atoms with Crippen molar-refractivity contribution in [1.29, 1.82) is 0 Å². The molecule has 1 aromatic rings. The third kappa shape index (κ3) is 8.77. The van der Waals surface area contributed by atoms with Crippen LogP contribution < -0.4 is 4.90 Å². The minimum absolute atomic E-state index is 0.175. The topological polar surface area (TPSA) is 66.8 Å². The summed E-state index contributed by atoms with van der Waals surface area (Å²) in [4.78, 5) is 25.5. The summed E-state index contributed by atoms with van der Waals surface area (Å²) in [6, 6.07) is 5.73. The number of carbonyl (C=O) groups is 2. The zero-order valence-corrected chi connectivity index (χ0v) is 19.1. The Hall–Kier alpha value is -2.04. The molecule has 0 aliphatic heterocycles. The standard InChI is InChI=1S/C21H33NO4.C2H6/c1-8-16(11-14(2)12-19(23)26-21(4,5)6)22(7)17-10-9-15(3)18(13-17)20(24)25;1-2/h9-10,13-14,16H,8,11-12H2,1-7H3,(H,24,25);1-2H3. The lowest BCUT2D eigenvalue weighted by Crippen LogP contribution is -2.33. The van der Waals surface area contributed by atoms with Crippen molar-refractivity contribution in [1.82, 2.24) is 0 Å². The van der Waals surface area contributed by atoms with Gasteiger partial charge in [0.1, 0.15) is 5.60 Å². The van der Waals surface area contributed by atoms with Gasteiger partial charge in [-0.3, -0.25) is 4.79 Å². The summed E-state index contributed by atoms with van der Waals surface area (Å²) in [5.41, 5.74) is 1.49. The van der Waals surface area contributed by atoms with Crippen molar-refractivity contribution in [3.05, 3.63) is 29.3 Å². The molecule has 0 saturated heterocycles. The number of carbonyl (C=O) groups excluding carboxylic acids is 1. The van der Waals surface area contributed by atoms with Gasteiger partial charge in [0.25, 0.3) is 0 Å². The zero-order valence-electron chi connectivity index (χ0n) is 19.1. The largest absolute Gasteiger partial charge is 0.478 e. The quantitative estimate of drug-likeness (QED) is 0.575. The van der Waals surface area contributed by atoms with Crippen LogP contribution in [0.2, 0.25) is 0 Å². The summed E-state index contributed by atoms with van der Waals surface area (Å²) >= 11 is 0. The molecule has 2 unspecified atom stereocenters. The van der Waals surface area contributed by atoms with Gasteiger partial charge in [0.15, 0.2) is 0 Å². The Labute approximate surface area is 171 Å². The molecule has 5 heteroatoms. The first-order valence-corrected chi connectivity index (χ1v) is 10.2. The normalized spacial score (nSPS) is 13.0. The van der Waals surface area contributed by atoms with Crippen LogP contribution in [-0.2, 0) is 9.53 Å². The lowest BCUT2D eigenvalue weighted by Gasteiger charge is -2.32. The molecule has 5 nitrogen and oxygen atoms in total. The zero-order chi connectivity index (χ0) is 22.1. The van der Waals surface area contributed by atoms with Crippen LogP contribution in [-0.4, -0.2) is 35.7 Å². The number of carboxylic acid groups (broad SMARTS) is 1. The average molecular weight is 394 g/mol. The molecule has 1 rings (SSSR count). The van der Waals surface area contributed by atoms with Crippen LogP contribution in [0.25, 0.3) is 0 Å². The number of rotatable bonds is 8. The number of benzene rings is 1. The summed E-state index contributed by atoms with van der Waals surface area (Å²) in [5.74, 6) is -0.906. The van der Waals surface area contributed by atoms with Gasteiger partial charge in [-0.25, -0.2) is 4.79 Å². The molecular formula is C23H39NO4. The Bertz CT molecular complexity index is 634. The average Bonchev–Trinajstić information content (AvgIpc) is 2.59. The van der Waals surface area contributed by atoms with Crippen molar-refractivity contribution in [3.8, 4) is 0 Å². The first kappa shape index (κ1) is 26.0. The van der Waals surface area contributed by atoms with Crippen molar-refractivity contribution < 1.29 is 19.4 Å². The Morgan fingerprint density at radius 2 is 1.79 bits per heavy atom. The number of esters is 1. The number of hydrogen-bond acceptors (Lipinski definition) is 4. The molecule has 0 fully saturated rings. The Kier molecular flexibility index (Phi) is 10.9. The minimum atomic E-state index is -0.913. The fourth-order valence-corrected chi connectivity index (χ4v) is 3.08. The van der Waals surface area contributed by atoms with Crippen LogP contribution in [0.3, 0.4) is 0 Å². The summed E-state index contributed by atoms with van der Waals surface area (Å²) in [6.45, 7) is 15.6. The van der Waals surface area contributed by atoms with E-state index in [2.05, 4.69) is 18.7 Å². The molecule has 28 heavy (non-hydrogen) atoms. The monoisotopic (exact) mass is 393 g/mol. The Morgan fingerprint density at radius 1 is 1.21 bits per heavy atom. The molecule has 0 aromatic heterocycles. The maximum absolute atomic E-state index is 12.0. The van der Waals surface area contributed by atoms with Crippen molar-refractivity contribution >= 4 is 17.6 Å². The van der Waals surface area contributed by atoms with Gasteiger partial charge in [0.05, 0.1) is 5.56 Å². The molecule has 0 aliphatic rings. The number of carboxylic acids is 1. The van der Waals surface area contributed by atoms with E-state index in [1.807, 2.05) is 53.8 Å². The second-order valence-electron chi connectivity index (χ2n) is 8.11. The highest BCUT2D eigenvalue weighted by molar-refractivity contribution is 5.90. The van der Waals surface area contributed by atoms with Gasteiger partial charge in [0.2, 0.25) is 0 Å². The van der Waals surface area contributed by atoms with Crippen molar-refractivity contribution in [3.63, 3.8) is 0 Å². The van der Waals surface area contributed by atoms with Crippen molar-refractivity contribution in [2.75, 3.05) is 11.9 Å². The molecule has 1 aromatic carbocycles. The van der Waals surface area contributed by atoms with E-state index in [0.29, 0.717) is 12.0 Å². The maximum Gasteiger partial charge on any atom is 0.336 e. The number of hydrogen-bond donors (Lipinski definition) is 1. The fraction of sp³-hybridized carbons (Fsp3) is 0.652. The molecule has 0 heterocycles. The van der Waals surface area contributed by atoms with Crippen molar-refractivity contribution in [2.45, 2.75) is 86.3 Å². The highest BCUT2D eigenvalue weighted by atomic mass is 16.6. The summed E-state index contributed by atoms with van der Waals surface area (Å²) < 4.78 is 5.41. The van der Waals surface area contributed by atoms with Gasteiger partial charge in [-0.15, -0.1) is 0 Å². The van der Waals surface area contributed by atoms with E-state index in [9.17, 15) is 14.7 Å². The van der Waals surface area contributed by atoms with Crippen LogP contribution in [0.15, 0.2) is 18.2 Å². The van der Waals surface area contributed by atoms with Crippen LogP contribution in [0.5, 0.6) is 0 Å². The predicted octanol–water partition coefficient (Wildman–Crippen LogP) is 5.69. The number of nitrogens with zero attached hydrogens (tertiary/aromatic N) is 1. The third-order valence-corrected chi connectivity index (χ3v) is 4.49. The van der Waals surface area contributed by atoms with Gasteiger partial charge in [-0.1, -0.05) is 33.8 Å². The Balaban J connectivity index is 0.00000352. The lowest BCUT2D eigenvalue weighted by atomic mass is 9.95. The number of anilines is 1. The van der Waals surface area contributed by atoms with E-state index < -0.39 is 11.6 Å². The first-order chi connectivity index (χ1) is 12.9. The van der Waals surface area contributed by atoms with E-state index in [1.165, 1.54) is 0 Å². The van der Waals surface area contributed by atoms with Crippen LogP contribution in [0, 0.1) is 12.8 Å². The van der Waals surface area contributed by atoms with E-state index in [4.69, 9.17) is 4.74 Å². The van der Waals surface area contributed by atoms with Crippen LogP contribution in [0.1, 0.15) is 83.7 Å². The van der Waals surface area contributed by atoms with E-state index in [0.717, 1.165) is 24.1 Å². The smallest absolute Gasteiger partial charge is 0.336 e. The molecule has 0 spiro atoms. The highest BCUT2D eigenvalue weighted by Gasteiger charge is 2.22. The number of ether oxygens (including phenoxy) is 1. The van der Waals surface area contributed by atoms with Crippen LogP contribution in [0.4, 0.5) is 5.69 Å². The second-order valence-corrected chi connectivity index (χ2v) is 8.11. The number of aromatic carboxylic acids is 1. The van der Waals surface area contributed by atoms with Crippen molar-refractivity contribution in [2.24, 2.45) is 5.92 Å². The van der Waals surface area contributed by atoms with Gasteiger partial charge in [-0.05, 0) is 64.2 Å². The summed E-state index contributed by atoms with van der Waals surface area (Å²) in [5, 5.41) is 9.34. The molecular weight excluding hydrogens is 354 g/mol. The molecule has 160 valence electrons. The fourth-order valence-electron chi connectivity index (χ4n) is 3.08.